The SMILES string of the molecule is CCN1CCN(c2ncnc3sc(C(=O)Nc4cnc5ccccc5c4)c(C)c23)CC1. The number of carbonyl (C=O) groups is 1. The van der Waals surface area contributed by atoms with Gasteiger partial charge in [-0.3, -0.25) is 9.78 Å². The normalized spacial score (nSPS) is 15.0. The molecule has 4 aromatic rings. The van der Waals surface area contributed by atoms with Crippen molar-refractivity contribution in [2.75, 3.05) is 42.9 Å². The fourth-order valence-electron chi connectivity index (χ4n) is 4.11. The largest absolute Gasteiger partial charge is 0.353 e. The molecular formula is C23H24N6OS. The molecule has 1 saturated heterocycles. The number of aryl methyl sites for hydroxylation is 1. The van der Waals surface area contributed by atoms with Gasteiger partial charge in [0.25, 0.3) is 5.91 Å². The second kappa shape index (κ2) is 8.20. The summed E-state index contributed by atoms with van der Waals surface area (Å²) in [4.78, 5) is 32.9. The van der Waals surface area contributed by atoms with Gasteiger partial charge in [0.05, 0.1) is 27.7 Å². The molecule has 1 aliphatic rings. The van der Waals surface area contributed by atoms with Crippen molar-refractivity contribution < 1.29 is 4.79 Å². The lowest BCUT2D eigenvalue weighted by atomic mass is 10.1. The van der Waals surface area contributed by atoms with Crippen LogP contribution in [0.1, 0.15) is 22.2 Å². The number of para-hydroxylation sites is 1. The van der Waals surface area contributed by atoms with Crippen LogP contribution in [0.15, 0.2) is 42.9 Å². The summed E-state index contributed by atoms with van der Waals surface area (Å²) in [5, 5.41) is 4.98. The van der Waals surface area contributed by atoms with Crippen molar-refractivity contribution in [3.8, 4) is 0 Å². The molecular weight excluding hydrogens is 408 g/mol. The lowest BCUT2D eigenvalue weighted by molar-refractivity contribution is 0.103. The molecule has 1 aromatic carbocycles. The van der Waals surface area contributed by atoms with E-state index in [1.54, 1.807) is 12.5 Å². The van der Waals surface area contributed by atoms with Crippen LogP contribution < -0.4 is 10.2 Å². The molecule has 5 rings (SSSR count). The van der Waals surface area contributed by atoms with E-state index < -0.39 is 0 Å². The zero-order valence-electron chi connectivity index (χ0n) is 17.6. The van der Waals surface area contributed by atoms with Gasteiger partial charge in [0, 0.05) is 31.6 Å². The van der Waals surface area contributed by atoms with Gasteiger partial charge >= 0.3 is 0 Å². The molecule has 0 bridgehead atoms. The molecule has 3 aromatic heterocycles. The number of benzene rings is 1. The summed E-state index contributed by atoms with van der Waals surface area (Å²) in [6, 6.07) is 9.81. The first-order chi connectivity index (χ1) is 15.1. The summed E-state index contributed by atoms with van der Waals surface area (Å²) >= 11 is 1.42. The third-order valence-electron chi connectivity index (χ3n) is 5.88. The van der Waals surface area contributed by atoms with E-state index in [2.05, 4.69) is 37.0 Å². The van der Waals surface area contributed by atoms with E-state index in [-0.39, 0.29) is 5.91 Å². The molecule has 0 aliphatic carbocycles. The van der Waals surface area contributed by atoms with E-state index >= 15 is 0 Å². The van der Waals surface area contributed by atoms with Crippen LogP contribution in [-0.4, -0.2) is 58.5 Å². The van der Waals surface area contributed by atoms with Crippen molar-refractivity contribution in [1.29, 1.82) is 0 Å². The summed E-state index contributed by atoms with van der Waals surface area (Å²) in [5.74, 6) is 0.792. The van der Waals surface area contributed by atoms with Gasteiger partial charge < -0.3 is 15.1 Å². The average Bonchev–Trinajstić information content (AvgIpc) is 3.16. The second-order valence-corrected chi connectivity index (χ2v) is 8.72. The predicted molar refractivity (Wildman–Crippen MR) is 126 cm³/mol. The molecule has 8 heteroatoms. The molecule has 158 valence electrons. The molecule has 31 heavy (non-hydrogen) atoms. The van der Waals surface area contributed by atoms with E-state index in [9.17, 15) is 4.79 Å². The second-order valence-electron chi connectivity index (χ2n) is 7.73. The monoisotopic (exact) mass is 432 g/mol. The Labute approximate surface area is 184 Å². The minimum Gasteiger partial charge on any atom is -0.353 e. The number of hydrogen-bond acceptors (Lipinski definition) is 7. The van der Waals surface area contributed by atoms with Gasteiger partial charge in [-0.2, -0.15) is 0 Å². The Balaban J connectivity index is 1.44. The van der Waals surface area contributed by atoms with E-state index in [1.165, 1.54) is 11.3 Å². The summed E-state index contributed by atoms with van der Waals surface area (Å²) in [6.07, 6.45) is 3.30. The number of hydrogen-bond donors (Lipinski definition) is 1. The number of pyridine rings is 1. The number of anilines is 2. The van der Waals surface area contributed by atoms with E-state index in [1.807, 2.05) is 37.3 Å². The van der Waals surface area contributed by atoms with Gasteiger partial charge in [-0.1, -0.05) is 25.1 Å². The van der Waals surface area contributed by atoms with Gasteiger partial charge in [-0.25, -0.2) is 9.97 Å². The lowest BCUT2D eigenvalue weighted by Crippen LogP contribution is -2.46. The zero-order valence-corrected chi connectivity index (χ0v) is 18.4. The molecule has 0 unspecified atom stereocenters. The lowest BCUT2D eigenvalue weighted by Gasteiger charge is -2.35. The molecule has 0 saturated carbocycles. The zero-order chi connectivity index (χ0) is 21.4. The predicted octanol–water partition coefficient (Wildman–Crippen LogP) is 3.94. The van der Waals surface area contributed by atoms with Crippen molar-refractivity contribution in [2.45, 2.75) is 13.8 Å². The number of thiophene rings is 1. The molecule has 1 aliphatic heterocycles. The van der Waals surface area contributed by atoms with Gasteiger partial charge in [0.1, 0.15) is 17.0 Å². The smallest absolute Gasteiger partial charge is 0.266 e. The number of carbonyl (C=O) groups excluding carboxylic acids is 1. The minimum absolute atomic E-state index is 0.140. The maximum Gasteiger partial charge on any atom is 0.266 e. The first-order valence-electron chi connectivity index (χ1n) is 10.5. The Morgan fingerprint density at radius 2 is 1.94 bits per heavy atom. The van der Waals surface area contributed by atoms with Crippen molar-refractivity contribution in [2.24, 2.45) is 0 Å². The van der Waals surface area contributed by atoms with E-state index in [4.69, 9.17) is 0 Å². The topological polar surface area (TPSA) is 74.2 Å². The molecule has 1 fully saturated rings. The number of fused-ring (bicyclic) bond motifs is 2. The van der Waals surface area contributed by atoms with Gasteiger partial charge in [-0.15, -0.1) is 11.3 Å². The fourth-order valence-corrected chi connectivity index (χ4v) is 5.15. The summed E-state index contributed by atoms with van der Waals surface area (Å²) in [6.45, 7) is 9.15. The number of nitrogens with one attached hydrogen (secondary N) is 1. The Morgan fingerprint density at radius 1 is 1.13 bits per heavy atom. The molecule has 4 heterocycles. The highest BCUT2D eigenvalue weighted by Gasteiger charge is 2.24. The van der Waals surface area contributed by atoms with Crippen LogP contribution in [0, 0.1) is 6.92 Å². The first kappa shape index (κ1) is 19.8. The number of rotatable bonds is 4. The fraction of sp³-hybridized carbons (Fsp3) is 0.304. The van der Waals surface area contributed by atoms with Crippen LogP contribution in [0.25, 0.3) is 21.1 Å². The third kappa shape index (κ3) is 3.73. The van der Waals surface area contributed by atoms with Crippen molar-refractivity contribution in [1.82, 2.24) is 19.9 Å². The molecule has 0 atom stereocenters. The highest BCUT2D eigenvalue weighted by atomic mass is 32.1. The average molecular weight is 433 g/mol. The minimum atomic E-state index is -0.140. The number of piperazine rings is 1. The van der Waals surface area contributed by atoms with Crippen LogP contribution in [0.3, 0.4) is 0 Å². The van der Waals surface area contributed by atoms with Gasteiger partial charge in [0.15, 0.2) is 0 Å². The highest BCUT2D eigenvalue weighted by Crippen LogP contribution is 2.35. The van der Waals surface area contributed by atoms with Crippen LogP contribution in [-0.2, 0) is 0 Å². The maximum absolute atomic E-state index is 13.1. The number of nitrogens with zero attached hydrogens (tertiary/aromatic N) is 5. The number of likely N-dealkylation sites (N-methyl/N-ethyl adjacent to an activating group) is 1. The van der Waals surface area contributed by atoms with Crippen LogP contribution in [0.2, 0.25) is 0 Å². The third-order valence-corrected chi connectivity index (χ3v) is 7.08. The Bertz CT molecular complexity index is 1260. The molecule has 0 radical (unpaired) electrons. The molecule has 1 N–H and O–H groups in total. The standard InChI is InChI=1S/C23H24N6OS/c1-3-28-8-10-29(11-9-28)21-19-15(2)20(31-23(19)26-14-25-21)22(30)27-17-12-16-6-4-5-7-18(16)24-13-17/h4-7,12-14H,3,8-11H2,1-2H3,(H,27,30). The van der Waals surface area contributed by atoms with Crippen LogP contribution in [0.5, 0.6) is 0 Å². The molecule has 7 nitrogen and oxygen atoms in total. The van der Waals surface area contributed by atoms with Crippen LogP contribution >= 0.6 is 11.3 Å². The number of aromatic nitrogens is 3. The van der Waals surface area contributed by atoms with Crippen molar-refractivity contribution in [3.05, 3.63) is 53.3 Å². The van der Waals surface area contributed by atoms with Gasteiger partial charge in [-0.05, 0) is 31.2 Å². The van der Waals surface area contributed by atoms with E-state index in [0.717, 1.165) is 65.2 Å². The quantitative estimate of drug-likeness (QED) is 0.527. The first-order valence-corrected chi connectivity index (χ1v) is 11.3. The van der Waals surface area contributed by atoms with E-state index in [0.29, 0.717) is 10.6 Å². The van der Waals surface area contributed by atoms with Crippen molar-refractivity contribution >= 4 is 49.9 Å². The molecule has 1 amide bonds. The maximum atomic E-state index is 13.1. The summed E-state index contributed by atoms with van der Waals surface area (Å²) in [7, 11) is 0. The summed E-state index contributed by atoms with van der Waals surface area (Å²) < 4.78 is 0. The Kier molecular flexibility index (Phi) is 5.25. The Hall–Kier alpha value is -3.10. The highest BCUT2D eigenvalue weighted by molar-refractivity contribution is 7.20. The number of amides is 1. The molecule has 0 spiro atoms. The van der Waals surface area contributed by atoms with Gasteiger partial charge in [0.2, 0.25) is 0 Å². The van der Waals surface area contributed by atoms with Crippen LogP contribution in [0.4, 0.5) is 11.5 Å². The Morgan fingerprint density at radius 3 is 2.74 bits per heavy atom. The van der Waals surface area contributed by atoms with Crippen molar-refractivity contribution in [3.63, 3.8) is 0 Å². The summed E-state index contributed by atoms with van der Waals surface area (Å²) in [5.41, 5.74) is 2.52.